The minimum Gasteiger partial charge on any atom is -0.398 e. The van der Waals surface area contributed by atoms with E-state index in [1.807, 2.05) is 20.9 Å². The molecule has 1 saturated heterocycles. The van der Waals surface area contributed by atoms with E-state index >= 15 is 0 Å². The van der Waals surface area contributed by atoms with E-state index in [0.717, 1.165) is 25.1 Å². The minimum absolute atomic E-state index is 0.0391. The van der Waals surface area contributed by atoms with E-state index in [9.17, 15) is 8.42 Å². The molecule has 5 nitrogen and oxygen atoms in total. The molecule has 0 aliphatic carbocycles. The normalized spacial score (nSPS) is 22.2. The van der Waals surface area contributed by atoms with Gasteiger partial charge in [-0.05, 0) is 58.0 Å². The summed E-state index contributed by atoms with van der Waals surface area (Å²) in [5.41, 5.74) is 7.85. The molecule has 0 radical (unpaired) electrons. The fourth-order valence-corrected chi connectivity index (χ4v) is 5.19. The summed E-state index contributed by atoms with van der Waals surface area (Å²) in [6.07, 6.45) is 0.848. The number of anilines is 1. The van der Waals surface area contributed by atoms with Gasteiger partial charge in [-0.3, -0.25) is 0 Å². The van der Waals surface area contributed by atoms with Crippen molar-refractivity contribution in [3.8, 4) is 0 Å². The molecular weight excluding hydrogens is 286 g/mol. The zero-order chi connectivity index (χ0) is 15.8. The summed E-state index contributed by atoms with van der Waals surface area (Å²) < 4.78 is 27.8. The topological polar surface area (TPSA) is 66.6 Å². The lowest BCUT2D eigenvalue weighted by Gasteiger charge is -2.28. The third-order valence-corrected chi connectivity index (χ3v) is 6.50. The van der Waals surface area contributed by atoms with Crippen molar-refractivity contribution in [2.45, 2.75) is 38.1 Å². The molecule has 1 atom stereocenters. The number of nitrogens with two attached hydrogens (primary N) is 1. The van der Waals surface area contributed by atoms with E-state index in [1.54, 1.807) is 23.4 Å². The first kappa shape index (κ1) is 16.3. The molecule has 2 rings (SSSR count). The van der Waals surface area contributed by atoms with Gasteiger partial charge in [0.1, 0.15) is 0 Å². The van der Waals surface area contributed by atoms with Gasteiger partial charge >= 0.3 is 0 Å². The molecule has 0 aromatic heterocycles. The van der Waals surface area contributed by atoms with Crippen LogP contribution in [0.1, 0.15) is 24.5 Å². The molecule has 1 aromatic carbocycles. The SMILES string of the molecule is Cc1ccc(N)c(C)c1S(=O)(=O)N1CCCN(C)CC1C. The smallest absolute Gasteiger partial charge is 0.243 e. The second-order valence-corrected chi connectivity index (χ2v) is 7.83. The second-order valence-electron chi connectivity index (χ2n) is 6.01. The first-order valence-electron chi connectivity index (χ1n) is 7.31. The van der Waals surface area contributed by atoms with Crippen LogP contribution < -0.4 is 5.73 Å². The average Bonchev–Trinajstić information content (AvgIpc) is 2.55. The molecule has 1 aliphatic heterocycles. The average molecular weight is 311 g/mol. The second kappa shape index (κ2) is 5.94. The van der Waals surface area contributed by atoms with Crippen molar-refractivity contribution in [1.29, 1.82) is 0 Å². The molecule has 118 valence electrons. The van der Waals surface area contributed by atoms with Crippen molar-refractivity contribution >= 4 is 15.7 Å². The number of aryl methyl sites for hydroxylation is 1. The van der Waals surface area contributed by atoms with Crippen LogP contribution in [-0.2, 0) is 10.0 Å². The van der Waals surface area contributed by atoms with E-state index in [2.05, 4.69) is 4.90 Å². The predicted molar refractivity (Wildman–Crippen MR) is 85.8 cm³/mol. The number of nitrogens with zero attached hydrogens (tertiary/aromatic N) is 2. The van der Waals surface area contributed by atoms with Gasteiger partial charge in [-0.15, -0.1) is 0 Å². The van der Waals surface area contributed by atoms with E-state index in [0.29, 0.717) is 22.7 Å². The molecule has 1 unspecified atom stereocenters. The maximum absolute atomic E-state index is 13.1. The van der Waals surface area contributed by atoms with Crippen LogP contribution in [0.5, 0.6) is 0 Å². The number of nitrogen functional groups attached to an aromatic ring is 1. The van der Waals surface area contributed by atoms with Crippen molar-refractivity contribution in [3.05, 3.63) is 23.3 Å². The molecule has 0 amide bonds. The molecule has 1 aliphatic rings. The lowest BCUT2D eigenvalue weighted by Crippen LogP contribution is -2.42. The first-order valence-corrected chi connectivity index (χ1v) is 8.75. The van der Waals surface area contributed by atoms with Gasteiger partial charge in [-0.1, -0.05) is 6.07 Å². The van der Waals surface area contributed by atoms with Gasteiger partial charge in [0.15, 0.2) is 0 Å². The molecule has 2 N–H and O–H groups in total. The van der Waals surface area contributed by atoms with Crippen molar-refractivity contribution in [3.63, 3.8) is 0 Å². The lowest BCUT2D eigenvalue weighted by molar-refractivity contribution is 0.290. The van der Waals surface area contributed by atoms with E-state index in [-0.39, 0.29) is 6.04 Å². The fourth-order valence-electron chi connectivity index (χ4n) is 3.06. The Labute approximate surface area is 127 Å². The van der Waals surface area contributed by atoms with Crippen molar-refractivity contribution in [2.75, 3.05) is 32.4 Å². The van der Waals surface area contributed by atoms with E-state index < -0.39 is 10.0 Å². The quantitative estimate of drug-likeness (QED) is 0.843. The Kier molecular flexibility index (Phi) is 4.60. The van der Waals surface area contributed by atoms with Gasteiger partial charge < -0.3 is 10.6 Å². The molecule has 21 heavy (non-hydrogen) atoms. The van der Waals surface area contributed by atoms with Crippen LogP contribution in [0.4, 0.5) is 5.69 Å². The highest BCUT2D eigenvalue weighted by molar-refractivity contribution is 7.89. The van der Waals surface area contributed by atoms with Crippen molar-refractivity contribution in [2.24, 2.45) is 0 Å². The summed E-state index contributed by atoms with van der Waals surface area (Å²) in [6.45, 7) is 7.81. The zero-order valence-electron chi connectivity index (χ0n) is 13.3. The van der Waals surface area contributed by atoms with Crippen LogP contribution in [0.15, 0.2) is 17.0 Å². The largest absolute Gasteiger partial charge is 0.398 e. The molecule has 0 bridgehead atoms. The number of hydrogen-bond acceptors (Lipinski definition) is 4. The Bertz CT molecular complexity index is 628. The Morgan fingerprint density at radius 2 is 1.90 bits per heavy atom. The molecule has 0 saturated carbocycles. The first-order chi connectivity index (χ1) is 9.75. The third kappa shape index (κ3) is 3.07. The monoisotopic (exact) mass is 311 g/mol. The van der Waals surface area contributed by atoms with Crippen LogP contribution in [0.25, 0.3) is 0 Å². The Balaban J connectivity index is 2.49. The third-order valence-electron chi connectivity index (χ3n) is 4.20. The molecule has 1 fully saturated rings. The predicted octanol–water partition coefficient (Wildman–Crippen LogP) is 1.60. The molecular formula is C15H25N3O2S. The van der Waals surface area contributed by atoms with Gasteiger partial charge in [-0.2, -0.15) is 4.31 Å². The maximum atomic E-state index is 13.1. The number of hydrogen-bond donors (Lipinski definition) is 1. The molecule has 0 spiro atoms. The fraction of sp³-hybridized carbons (Fsp3) is 0.600. The van der Waals surface area contributed by atoms with Gasteiger partial charge in [-0.25, -0.2) is 8.42 Å². The standard InChI is InChI=1S/C15H25N3O2S/c1-11-6-7-14(16)13(3)15(11)21(19,20)18-9-5-8-17(4)10-12(18)2/h6-7,12H,5,8-10,16H2,1-4H3. The zero-order valence-corrected chi connectivity index (χ0v) is 14.1. The highest BCUT2D eigenvalue weighted by Crippen LogP contribution is 2.29. The Morgan fingerprint density at radius 3 is 2.57 bits per heavy atom. The number of sulfonamides is 1. The summed E-state index contributed by atoms with van der Waals surface area (Å²) in [6, 6.07) is 3.51. The lowest BCUT2D eigenvalue weighted by atomic mass is 10.1. The van der Waals surface area contributed by atoms with Crippen LogP contribution in [0.2, 0.25) is 0 Å². The summed E-state index contributed by atoms with van der Waals surface area (Å²) in [7, 11) is -1.48. The van der Waals surface area contributed by atoms with Gasteiger partial charge in [0.05, 0.1) is 4.90 Å². The van der Waals surface area contributed by atoms with Gasteiger partial charge in [0.25, 0.3) is 0 Å². The van der Waals surface area contributed by atoms with Gasteiger partial charge in [0.2, 0.25) is 10.0 Å². The summed E-state index contributed by atoms with van der Waals surface area (Å²) >= 11 is 0. The number of rotatable bonds is 2. The van der Waals surface area contributed by atoms with Crippen LogP contribution in [0, 0.1) is 13.8 Å². The van der Waals surface area contributed by atoms with Crippen LogP contribution in [-0.4, -0.2) is 50.3 Å². The van der Waals surface area contributed by atoms with Crippen molar-refractivity contribution < 1.29 is 8.42 Å². The van der Waals surface area contributed by atoms with Gasteiger partial charge in [0, 0.05) is 24.8 Å². The number of likely N-dealkylation sites (N-methyl/N-ethyl adjacent to an activating group) is 1. The summed E-state index contributed by atoms with van der Waals surface area (Å²) in [5, 5.41) is 0. The van der Waals surface area contributed by atoms with Crippen LogP contribution >= 0.6 is 0 Å². The Morgan fingerprint density at radius 1 is 1.24 bits per heavy atom. The Hall–Kier alpha value is -1.11. The summed E-state index contributed by atoms with van der Waals surface area (Å²) in [4.78, 5) is 2.55. The van der Waals surface area contributed by atoms with E-state index in [4.69, 9.17) is 5.73 Å². The van der Waals surface area contributed by atoms with Crippen molar-refractivity contribution in [1.82, 2.24) is 9.21 Å². The minimum atomic E-state index is -3.52. The highest BCUT2D eigenvalue weighted by atomic mass is 32.2. The maximum Gasteiger partial charge on any atom is 0.243 e. The molecule has 6 heteroatoms. The molecule has 1 aromatic rings. The highest BCUT2D eigenvalue weighted by Gasteiger charge is 2.33. The summed E-state index contributed by atoms with van der Waals surface area (Å²) in [5.74, 6) is 0. The van der Waals surface area contributed by atoms with Crippen LogP contribution in [0.3, 0.4) is 0 Å². The molecule has 1 heterocycles. The van der Waals surface area contributed by atoms with E-state index in [1.165, 1.54) is 0 Å². The number of benzene rings is 1.